The van der Waals surface area contributed by atoms with Crippen molar-refractivity contribution in [3.8, 4) is 5.75 Å². The summed E-state index contributed by atoms with van der Waals surface area (Å²) in [7, 11) is 0. The lowest BCUT2D eigenvalue weighted by molar-refractivity contribution is -0.156. The number of nitrogens with zero attached hydrogens (tertiary/aromatic N) is 3. The van der Waals surface area contributed by atoms with Crippen LogP contribution in [-0.2, 0) is 27.3 Å². The van der Waals surface area contributed by atoms with Crippen LogP contribution in [0.3, 0.4) is 0 Å². The number of unbranched alkanes of at least 4 members (excludes halogenated alkanes) is 1. The molecule has 1 aromatic rings. The Morgan fingerprint density at radius 1 is 0.980 bits per heavy atom. The second-order valence-corrected chi connectivity index (χ2v) is 13.9. The highest BCUT2D eigenvalue weighted by Crippen LogP contribution is 2.54. The molecule has 3 aliphatic carbocycles. The first-order valence-electron chi connectivity index (χ1n) is 17.0. The Balaban J connectivity index is 1.97. The van der Waals surface area contributed by atoms with Crippen LogP contribution in [0.2, 0.25) is 0 Å². The van der Waals surface area contributed by atoms with Crippen LogP contribution in [0.5, 0.6) is 5.75 Å². The fourth-order valence-corrected chi connectivity index (χ4v) is 8.01. The highest BCUT2D eigenvalue weighted by Gasteiger charge is 2.64. The summed E-state index contributed by atoms with van der Waals surface area (Å²) >= 11 is 0. The van der Waals surface area contributed by atoms with E-state index in [1.54, 1.807) is 24.8 Å². The first kappa shape index (κ1) is 38.2. The SMILES string of the molecule is CC(C)N(CN)c1c(CN(CCN)CCCCN)cc(O)c2c1C[C@H]1C[C@H]3[C@H](N(CN)C(C)C)C(=O)C(C(N)=O)=C(O)[C@@]3(O)C(=O)C1=C2O. The Morgan fingerprint density at radius 3 is 2.18 bits per heavy atom. The van der Waals surface area contributed by atoms with Crippen molar-refractivity contribution in [2.45, 2.75) is 83.6 Å². The van der Waals surface area contributed by atoms with E-state index < -0.39 is 58.0 Å². The van der Waals surface area contributed by atoms with Gasteiger partial charge in [-0.25, -0.2) is 0 Å². The number of phenolic OH excluding ortho intramolecular Hbond substituents is 1. The van der Waals surface area contributed by atoms with Gasteiger partial charge in [0.25, 0.3) is 5.91 Å². The van der Waals surface area contributed by atoms with Gasteiger partial charge in [-0.3, -0.25) is 24.2 Å². The maximum atomic E-state index is 14.4. The minimum Gasteiger partial charge on any atom is -0.508 e. The van der Waals surface area contributed by atoms with Crippen LogP contribution in [0.1, 0.15) is 63.6 Å². The Kier molecular flexibility index (Phi) is 11.8. The lowest BCUT2D eigenvalue weighted by atomic mass is 9.57. The Labute approximate surface area is 287 Å². The van der Waals surface area contributed by atoms with E-state index in [0.29, 0.717) is 37.4 Å². The number of anilines is 1. The molecule has 0 heterocycles. The van der Waals surface area contributed by atoms with Gasteiger partial charge in [0.1, 0.15) is 22.8 Å². The summed E-state index contributed by atoms with van der Waals surface area (Å²) in [6.45, 7) is 10.1. The molecule has 0 aromatic heterocycles. The number of carbonyl (C=O) groups is 3. The van der Waals surface area contributed by atoms with E-state index >= 15 is 0 Å². The molecule has 1 saturated carbocycles. The average molecular weight is 687 g/mol. The molecule has 3 aliphatic rings. The fourth-order valence-electron chi connectivity index (χ4n) is 8.01. The molecule has 0 bridgehead atoms. The number of aromatic hydroxyl groups is 1. The van der Waals surface area contributed by atoms with E-state index in [2.05, 4.69) is 4.90 Å². The molecule has 15 nitrogen and oxygen atoms in total. The van der Waals surface area contributed by atoms with Gasteiger partial charge in [-0.2, -0.15) is 0 Å². The Bertz CT molecular complexity index is 1530. The van der Waals surface area contributed by atoms with Crippen molar-refractivity contribution in [3.05, 3.63) is 39.7 Å². The number of phenols is 1. The second kappa shape index (κ2) is 15.1. The first-order valence-corrected chi connectivity index (χ1v) is 17.0. The molecule has 0 unspecified atom stereocenters. The highest BCUT2D eigenvalue weighted by molar-refractivity contribution is 6.24. The summed E-state index contributed by atoms with van der Waals surface area (Å²) in [6.07, 6.45) is 1.77. The number of aliphatic hydroxyl groups excluding tert-OH is 2. The fraction of sp³-hybridized carbons (Fsp3) is 0.618. The van der Waals surface area contributed by atoms with E-state index in [0.717, 1.165) is 24.9 Å². The van der Waals surface area contributed by atoms with Gasteiger partial charge < -0.3 is 54.0 Å². The molecule has 4 atom stereocenters. The first-order chi connectivity index (χ1) is 23.1. The number of hydrogen-bond donors (Lipinski definition) is 9. The van der Waals surface area contributed by atoms with Crippen LogP contribution in [0.25, 0.3) is 5.76 Å². The Hall–Kier alpha value is -3.57. The molecule has 4 rings (SSSR count). The lowest BCUT2D eigenvalue weighted by Crippen LogP contribution is -2.67. The number of benzene rings is 1. The number of aliphatic hydroxyl groups is 3. The summed E-state index contributed by atoms with van der Waals surface area (Å²) in [6, 6.07) is -0.187. The predicted octanol–water partition coefficient (Wildman–Crippen LogP) is -0.340. The van der Waals surface area contributed by atoms with Crippen molar-refractivity contribution in [1.82, 2.24) is 9.80 Å². The third kappa shape index (κ3) is 6.56. The maximum Gasteiger partial charge on any atom is 0.255 e. The summed E-state index contributed by atoms with van der Waals surface area (Å²) in [4.78, 5) is 46.4. The molecule has 0 aliphatic heterocycles. The molecule has 14 N–H and O–H groups in total. The molecule has 0 saturated heterocycles. The number of rotatable bonds is 15. The molecule has 0 spiro atoms. The van der Waals surface area contributed by atoms with Crippen LogP contribution in [0.4, 0.5) is 5.69 Å². The van der Waals surface area contributed by atoms with Crippen molar-refractivity contribution < 1.29 is 34.8 Å². The van der Waals surface area contributed by atoms with Gasteiger partial charge in [0, 0.05) is 55.6 Å². The van der Waals surface area contributed by atoms with E-state index in [-0.39, 0.29) is 55.1 Å². The van der Waals surface area contributed by atoms with Gasteiger partial charge in [0.2, 0.25) is 5.78 Å². The number of Topliss-reactive ketones (excluding diaryl/α,β-unsaturated/α-hetero) is 2. The molecule has 1 amide bonds. The molecule has 49 heavy (non-hydrogen) atoms. The molecule has 1 fully saturated rings. The lowest BCUT2D eigenvalue weighted by Gasteiger charge is -2.52. The minimum absolute atomic E-state index is 0.0146. The zero-order valence-corrected chi connectivity index (χ0v) is 29.0. The van der Waals surface area contributed by atoms with Gasteiger partial charge in [0.15, 0.2) is 11.4 Å². The maximum absolute atomic E-state index is 14.4. The van der Waals surface area contributed by atoms with Gasteiger partial charge in [-0.15, -0.1) is 0 Å². The molecular formula is C34H54N8O7. The summed E-state index contributed by atoms with van der Waals surface area (Å²) in [5.41, 5.74) is 27.7. The zero-order valence-electron chi connectivity index (χ0n) is 29.0. The molecule has 1 aromatic carbocycles. The number of hydrogen-bond acceptors (Lipinski definition) is 14. The molecule has 15 heteroatoms. The Morgan fingerprint density at radius 2 is 1.65 bits per heavy atom. The standard InChI is InChI=1S/C34H54N8O7/c1-17(2)41(15-37)27-20(14-40(10-8-36)9-6-5-7-35)13-23(43)25-21(27)11-19-12-22-28(42(16-38)18(3)4)30(45)26(33(39)48)32(47)34(22,49)31(46)24(19)29(25)44/h13,17-19,22,28,43-44,47,49H,5-12,14-16,35-38H2,1-4H3,(H2,39,48)/t19-,22-,28-,34-/m0/s1. The van der Waals surface area contributed by atoms with E-state index in [9.17, 15) is 34.8 Å². The minimum atomic E-state index is -2.77. The monoisotopic (exact) mass is 686 g/mol. The third-order valence-corrected chi connectivity index (χ3v) is 10.3. The van der Waals surface area contributed by atoms with Crippen molar-refractivity contribution >= 4 is 28.9 Å². The van der Waals surface area contributed by atoms with E-state index in [4.69, 9.17) is 28.7 Å². The van der Waals surface area contributed by atoms with E-state index in [1.165, 1.54) is 0 Å². The third-order valence-electron chi connectivity index (χ3n) is 10.3. The van der Waals surface area contributed by atoms with Crippen molar-refractivity contribution in [2.75, 3.05) is 44.4 Å². The number of amides is 1. The molecule has 0 radical (unpaired) electrons. The van der Waals surface area contributed by atoms with Gasteiger partial charge >= 0.3 is 0 Å². The van der Waals surface area contributed by atoms with Crippen LogP contribution >= 0.6 is 0 Å². The van der Waals surface area contributed by atoms with Crippen LogP contribution < -0.4 is 33.6 Å². The quantitative estimate of drug-likeness (QED) is 0.0649. The normalized spacial score (nSPS) is 23.9. The number of primary amides is 1. The highest BCUT2D eigenvalue weighted by atomic mass is 16.3. The van der Waals surface area contributed by atoms with Crippen molar-refractivity contribution in [1.29, 1.82) is 0 Å². The van der Waals surface area contributed by atoms with Crippen LogP contribution in [0, 0.1) is 11.8 Å². The van der Waals surface area contributed by atoms with Crippen LogP contribution in [0.15, 0.2) is 23.0 Å². The number of carbonyl (C=O) groups excluding carboxylic acids is 3. The van der Waals surface area contributed by atoms with Crippen molar-refractivity contribution in [2.24, 2.45) is 40.5 Å². The second-order valence-electron chi connectivity index (χ2n) is 13.9. The van der Waals surface area contributed by atoms with E-state index in [1.807, 2.05) is 18.7 Å². The zero-order chi connectivity index (χ0) is 36.5. The summed E-state index contributed by atoms with van der Waals surface area (Å²) in [5.74, 6) is -7.21. The number of ketones is 2. The van der Waals surface area contributed by atoms with Crippen LogP contribution in [-0.4, -0.2) is 111 Å². The topological polar surface area (TPSA) is 272 Å². The van der Waals surface area contributed by atoms with Gasteiger partial charge in [-0.1, -0.05) is 0 Å². The number of nitrogens with two attached hydrogens (primary N) is 5. The average Bonchev–Trinajstić information content (AvgIpc) is 3.02. The number of fused-ring (bicyclic) bond motifs is 3. The smallest absolute Gasteiger partial charge is 0.255 e. The van der Waals surface area contributed by atoms with Gasteiger partial charge in [0.05, 0.1) is 18.3 Å². The van der Waals surface area contributed by atoms with Gasteiger partial charge in [-0.05, 0) is 89.6 Å². The molecular weight excluding hydrogens is 632 g/mol. The summed E-state index contributed by atoms with van der Waals surface area (Å²) in [5, 5.41) is 46.8. The summed E-state index contributed by atoms with van der Waals surface area (Å²) < 4.78 is 0. The van der Waals surface area contributed by atoms with Crippen molar-refractivity contribution in [3.63, 3.8) is 0 Å². The largest absolute Gasteiger partial charge is 0.508 e. The predicted molar refractivity (Wildman–Crippen MR) is 186 cm³/mol. The molecule has 272 valence electrons.